The molecule has 2 atom stereocenters. The minimum atomic E-state index is -4.37. The SMILES string of the molecule is O=C([C@H]1Cc2ccccc2N2CCN(c3ccccc3)C[C@H]12)N1CCN(c2cccc(C(F)(F)F)c2)CC1. The molecular formula is C30H31F3N4O. The molecule has 6 rings (SSSR count). The van der Waals surface area contributed by atoms with Gasteiger partial charge in [-0.05, 0) is 48.4 Å². The molecule has 1 amide bonds. The molecule has 3 aliphatic heterocycles. The van der Waals surface area contributed by atoms with E-state index in [0.717, 1.165) is 25.7 Å². The van der Waals surface area contributed by atoms with E-state index >= 15 is 0 Å². The molecule has 3 aliphatic rings. The van der Waals surface area contributed by atoms with E-state index in [9.17, 15) is 18.0 Å². The summed E-state index contributed by atoms with van der Waals surface area (Å²) in [6.07, 6.45) is -3.67. The zero-order valence-electron chi connectivity index (χ0n) is 21.1. The van der Waals surface area contributed by atoms with Crippen molar-refractivity contribution in [3.63, 3.8) is 0 Å². The van der Waals surface area contributed by atoms with Gasteiger partial charge in [-0.2, -0.15) is 13.2 Å². The summed E-state index contributed by atoms with van der Waals surface area (Å²) in [6, 6.07) is 24.3. The van der Waals surface area contributed by atoms with E-state index in [-0.39, 0.29) is 17.9 Å². The largest absolute Gasteiger partial charge is 0.416 e. The Morgan fingerprint density at radius 3 is 2.18 bits per heavy atom. The van der Waals surface area contributed by atoms with Crippen LogP contribution in [0.25, 0.3) is 0 Å². The van der Waals surface area contributed by atoms with Gasteiger partial charge in [0, 0.05) is 62.9 Å². The lowest BCUT2D eigenvalue weighted by atomic mass is 9.82. The minimum absolute atomic E-state index is 0.0628. The number of hydrogen-bond donors (Lipinski definition) is 0. The number of carbonyl (C=O) groups excluding carboxylic acids is 1. The van der Waals surface area contributed by atoms with E-state index in [1.54, 1.807) is 6.07 Å². The van der Waals surface area contributed by atoms with E-state index in [1.165, 1.54) is 29.1 Å². The molecule has 3 aromatic carbocycles. The third-order valence-electron chi connectivity index (χ3n) is 8.19. The maximum absolute atomic E-state index is 14.0. The Hall–Kier alpha value is -3.68. The highest BCUT2D eigenvalue weighted by atomic mass is 19.4. The van der Waals surface area contributed by atoms with Gasteiger partial charge >= 0.3 is 6.18 Å². The van der Waals surface area contributed by atoms with Gasteiger partial charge in [-0.15, -0.1) is 0 Å². The Morgan fingerprint density at radius 2 is 1.42 bits per heavy atom. The highest BCUT2D eigenvalue weighted by Gasteiger charge is 2.43. The average Bonchev–Trinajstić information content (AvgIpc) is 2.96. The minimum Gasteiger partial charge on any atom is -0.368 e. The van der Waals surface area contributed by atoms with Crippen LogP contribution in [0.1, 0.15) is 11.1 Å². The molecule has 0 aromatic heterocycles. The molecule has 2 fully saturated rings. The van der Waals surface area contributed by atoms with Gasteiger partial charge in [-0.1, -0.05) is 42.5 Å². The van der Waals surface area contributed by atoms with Crippen LogP contribution in [-0.2, 0) is 17.4 Å². The van der Waals surface area contributed by atoms with Gasteiger partial charge in [0.25, 0.3) is 0 Å². The number of piperazine rings is 2. The second-order valence-electron chi connectivity index (χ2n) is 10.3. The van der Waals surface area contributed by atoms with Gasteiger partial charge in [0.05, 0.1) is 17.5 Å². The smallest absolute Gasteiger partial charge is 0.368 e. The first kappa shape index (κ1) is 24.6. The Morgan fingerprint density at radius 1 is 0.737 bits per heavy atom. The summed E-state index contributed by atoms with van der Waals surface area (Å²) < 4.78 is 39.6. The summed E-state index contributed by atoms with van der Waals surface area (Å²) >= 11 is 0. The number of benzene rings is 3. The number of nitrogens with zero attached hydrogens (tertiary/aromatic N) is 4. The van der Waals surface area contributed by atoms with Crippen molar-refractivity contribution in [2.45, 2.75) is 18.6 Å². The molecule has 2 saturated heterocycles. The summed E-state index contributed by atoms with van der Waals surface area (Å²) in [7, 11) is 0. The molecule has 3 aromatic rings. The third-order valence-corrected chi connectivity index (χ3v) is 8.19. The normalized spacial score (nSPS) is 21.7. The monoisotopic (exact) mass is 520 g/mol. The first-order valence-electron chi connectivity index (χ1n) is 13.2. The molecular weight excluding hydrogens is 489 g/mol. The van der Waals surface area contributed by atoms with Gasteiger partial charge < -0.3 is 19.6 Å². The molecule has 0 saturated carbocycles. The van der Waals surface area contributed by atoms with E-state index in [0.29, 0.717) is 38.3 Å². The van der Waals surface area contributed by atoms with Gasteiger partial charge in [0.15, 0.2) is 0 Å². The fourth-order valence-corrected chi connectivity index (χ4v) is 6.21. The van der Waals surface area contributed by atoms with Gasteiger partial charge in [-0.3, -0.25) is 4.79 Å². The van der Waals surface area contributed by atoms with Crippen molar-refractivity contribution in [2.75, 3.05) is 60.5 Å². The highest BCUT2D eigenvalue weighted by molar-refractivity contribution is 5.83. The number of carbonyl (C=O) groups is 1. The molecule has 3 heterocycles. The number of fused-ring (bicyclic) bond motifs is 3. The molecule has 0 unspecified atom stereocenters. The third kappa shape index (κ3) is 4.68. The summed E-state index contributed by atoms with van der Waals surface area (Å²) in [6.45, 7) is 4.56. The average molecular weight is 521 g/mol. The van der Waals surface area contributed by atoms with Crippen LogP contribution in [0.15, 0.2) is 78.9 Å². The Balaban J connectivity index is 1.20. The lowest BCUT2D eigenvalue weighted by Gasteiger charge is -2.50. The zero-order chi connectivity index (χ0) is 26.3. The number of alkyl halides is 3. The number of rotatable bonds is 3. The molecule has 0 radical (unpaired) electrons. The van der Waals surface area contributed by atoms with Crippen molar-refractivity contribution in [3.8, 4) is 0 Å². The lowest BCUT2D eigenvalue weighted by Crippen LogP contribution is -2.62. The Kier molecular flexibility index (Phi) is 6.41. The van der Waals surface area contributed by atoms with Crippen molar-refractivity contribution < 1.29 is 18.0 Å². The van der Waals surface area contributed by atoms with Crippen molar-refractivity contribution in [3.05, 3.63) is 90.0 Å². The summed E-state index contributed by atoms with van der Waals surface area (Å²) in [5, 5.41) is 0. The number of anilines is 3. The molecule has 0 N–H and O–H groups in total. The van der Waals surface area contributed by atoms with Gasteiger partial charge in [0.2, 0.25) is 5.91 Å². The van der Waals surface area contributed by atoms with Crippen LogP contribution in [0.3, 0.4) is 0 Å². The van der Waals surface area contributed by atoms with Crippen LogP contribution < -0.4 is 14.7 Å². The van der Waals surface area contributed by atoms with E-state index in [2.05, 4.69) is 40.1 Å². The number of amides is 1. The lowest BCUT2D eigenvalue weighted by molar-refractivity contribution is -0.137. The van der Waals surface area contributed by atoms with Crippen LogP contribution in [-0.4, -0.2) is 62.7 Å². The van der Waals surface area contributed by atoms with Gasteiger partial charge in [-0.25, -0.2) is 0 Å². The highest BCUT2D eigenvalue weighted by Crippen LogP contribution is 2.38. The topological polar surface area (TPSA) is 30.0 Å². The number of halogens is 3. The predicted octanol–water partition coefficient (Wildman–Crippen LogP) is 4.92. The number of hydrogen-bond acceptors (Lipinski definition) is 4. The molecule has 0 aliphatic carbocycles. The van der Waals surface area contributed by atoms with Crippen molar-refractivity contribution in [2.24, 2.45) is 5.92 Å². The van der Waals surface area contributed by atoms with Crippen LogP contribution in [0.2, 0.25) is 0 Å². The number of para-hydroxylation sites is 2. The molecule has 38 heavy (non-hydrogen) atoms. The summed E-state index contributed by atoms with van der Waals surface area (Å²) in [5.74, 6) is -0.0235. The fourth-order valence-electron chi connectivity index (χ4n) is 6.21. The fraction of sp³-hybridized carbons (Fsp3) is 0.367. The molecule has 8 heteroatoms. The Bertz CT molecular complexity index is 1290. The van der Waals surface area contributed by atoms with E-state index < -0.39 is 11.7 Å². The second kappa shape index (κ2) is 9.89. The molecule has 198 valence electrons. The van der Waals surface area contributed by atoms with Crippen LogP contribution in [0.5, 0.6) is 0 Å². The molecule has 0 spiro atoms. The Labute approximate surface area is 221 Å². The first-order valence-corrected chi connectivity index (χ1v) is 13.2. The molecule has 5 nitrogen and oxygen atoms in total. The van der Waals surface area contributed by atoms with Crippen molar-refractivity contribution in [1.82, 2.24) is 4.90 Å². The first-order chi connectivity index (χ1) is 18.4. The summed E-state index contributed by atoms with van der Waals surface area (Å²) in [4.78, 5) is 22.7. The van der Waals surface area contributed by atoms with Crippen LogP contribution in [0, 0.1) is 5.92 Å². The van der Waals surface area contributed by atoms with Crippen LogP contribution >= 0.6 is 0 Å². The summed E-state index contributed by atoms with van der Waals surface area (Å²) in [5.41, 5.74) is 3.51. The maximum Gasteiger partial charge on any atom is 0.416 e. The van der Waals surface area contributed by atoms with Crippen molar-refractivity contribution in [1.29, 1.82) is 0 Å². The van der Waals surface area contributed by atoms with Crippen molar-refractivity contribution >= 4 is 23.0 Å². The van der Waals surface area contributed by atoms with E-state index in [4.69, 9.17) is 0 Å². The van der Waals surface area contributed by atoms with Crippen LogP contribution in [0.4, 0.5) is 30.2 Å². The van der Waals surface area contributed by atoms with Gasteiger partial charge in [0.1, 0.15) is 0 Å². The zero-order valence-corrected chi connectivity index (χ0v) is 21.1. The van der Waals surface area contributed by atoms with E-state index in [1.807, 2.05) is 34.1 Å². The predicted molar refractivity (Wildman–Crippen MR) is 144 cm³/mol. The molecule has 0 bridgehead atoms. The second-order valence-corrected chi connectivity index (χ2v) is 10.3. The quantitative estimate of drug-likeness (QED) is 0.491. The standard InChI is InChI=1S/C30H31F3N4O/c31-30(32,33)23-8-6-11-25(20-23)34-13-15-35(16-14-34)29(38)26-19-22-7-4-5-12-27(22)37-18-17-36(21-28(26)37)24-9-2-1-3-10-24/h1-12,20,26,28H,13-19,21H2/t26-,28+/m0/s1. The maximum atomic E-state index is 14.0.